The second-order valence-corrected chi connectivity index (χ2v) is 3.55. The van der Waals surface area contributed by atoms with Gasteiger partial charge in [-0.2, -0.15) is 0 Å². The van der Waals surface area contributed by atoms with E-state index in [9.17, 15) is 9.18 Å². The third-order valence-electron chi connectivity index (χ3n) is 1.72. The second kappa shape index (κ2) is 3.88. The van der Waals surface area contributed by atoms with Crippen molar-refractivity contribution in [3.8, 4) is 0 Å². The first-order valence-electron chi connectivity index (χ1n) is 4.01. The molecule has 0 spiro atoms. The highest BCUT2D eigenvalue weighted by atomic mass is 35.5. The number of ketones is 1. The Bertz CT molecular complexity index is 334. The zero-order chi connectivity index (χ0) is 10.0. The second-order valence-electron chi connectivity index (χ2n) is 3.14. The van der Waals surface area contributed by atoms with Crippen LogP contribution < -0.4 is 0 Å². The summed E-state index contributed by atoms with van der Waals surface area (Å²) in [4.78, 5) is 11.5. The van der Waals surface area contributed by atoms with E-state index in [-0.39, 0.29) is 16.7 Å². The van der Waals surface area contributed by atoms with Gasteiger partial charge in [-0.3, -0.25) is 4.79 Å². The number of halogens is 2. The number of benzene rings is 1. The molecule has 0 saturated carbocycles. The fourth-order valence-corrected chi connectivity index (χ4v) is 1.26. The first-order valence-corrected chi connectivity index (χ1v) is 4.39. The molecule has 13 heavy (non-hydrogen) atoms. The number of carbonyl (C=O) groups excluding carboxylic acids is 1. The quantitative estimate of drug-likeness (QED) is 0.670. The number of hydrogen-bond acceptors (Lipinski definition) is 1. The molecule has 0 fully saturated rings. The highest BCUT2D eigenvalue weighted by Gasteiger charge is 2.13. The van der Waals surface area contributed by atoms with Crippen molar-refractivity contribution in [2.24, 2.45) is 5.92 Å². The van der Waals surface area contributed by atoms with E-state index in [1.807, 2.05) is 0 Å². The lowest BCUT2D eigenvalue weighted by Gasteiger charge is -2.05. The molecule has 1 nitrogen and oxygen atoms in total. The van der Waals surface area contributed by atoms with Gasteiger partial charge < -0.3 is 0 Å². The molecule has 0 radical (unpaired) electrons. The van der Waals surface area contributed by atoms with Crippen molar-refractivity contribution in [1.82, 2.24) is 0 Å². The summed E-state index contributed by atoms with van der Waals surface area (Å²) in [6.45, 7) is 3.56. The Morgan fingerprint density at radius 1 is 1.46 bits per heavy atom. The lowest BCUT2D eigenvalue weighted by molar-refractivity contribution is 0.0939. The topological polar surface area (TPSA) is 17.1 Å². The molecular formula is C10H10ClFO. The molecule has 0 aliphatic heterocycles. The summed E-state index contributed by atoms with van der Waals surface area (Å²) in [5, 5.41) is 0.179. The van der Waals surface area contributed by atoms with Crippen LogP contribution in [0.5, 0.6) is 0 Å². The zero-order valence-electron chi connectivity index (χ0n) is 7.47. The molecule has 0 aromatic heterocycles. The molecule has 0 atom stereocenters. The maximum absolute atomic E-state index is 12.6. The summed E-state index contributed by atoms with van der Waals surface area (Å²) in [5.74, 6) is -0.613. The van der Waals surface area contributed by atoms with Crippen LogP contribution in [0.25, 0.3) is 0 Å². The summed E-state index contributed by atoms with van der Waals surface area (Å²) in [6.07, 6.45) is 0. The van der Waals surface area contributed by atoms with Gasteiger partial charge >= 0.3 is 0 Å². The van der Waals surface area contributed by atoms with E-state index in [1.165, 1.54) is 12.1 Å². The summed E-state index contributed by atoms with van der Waals surface area (Å²) in [6, 6.07) is 3.80. The Morgan fingerprint density at radius 2 is 2.08 bits per heavy atom. The molecule has 0 bridgehead atoms. The Labute approximate surface area is 81.5 Å². The molecule has 1 aromatic rings. The van der Waals surface area contributed by atoms with Crippen LogP contribution in [-0.4, -0.2) is 5.78 Å². The highest BCUT2D eigenvalue weighted by molar-refractivity contribution is 6.34. The minimum Gasteiger partial charge on any atom is -0.294 e. The third-order valence-corrected chi connectivity index (χ3v) is 2.03. The highest BCUT2D eigenvalue weighted by Crippen LogP contribution is 2.20. The van der Waals surface area contributed by atoms with E-state index in [0.717, 1.165) is 6.07 Å². The van der Waals surface area contributed by atoms with Crippen LogP contribution in [0.2, 0.25) is 5.02 Å². The van der Waals surface area contributed by atoms with Crippen molar-refractivity contribution in [2.45, 2.75) is 13.8 Å². The lowest BCUT2D eigenvalue weighted by atomic mass is 10.0. The van der Waals surface area contributed by atoms with E-state index in [2.05, 4.69) is 0 Å². The van der Waals surface area contributed by atoms with Crippen LogP contribution in [0.15, 0.2) is 18.2 Å². The minimum absolute atomic E-state index is 0.0648. The van der Waals surface area contributed by atoms with Crippen LogP contribution in [-0.2, 0) is 0 Å². The average molecular weight is 201 g/mol. The van der Waals surface area contributed by atoms with Gasteiger partial charge in [-0.15, -0.1) is 0 Å². The smallest absolute Gasteiger partial charge is 0.166 e. The Hall–Kier alpha value is -0.890. The SMILES string of the molecule is CC(C)C(=O)c1ccc(F)cc1Cl. The minimum atomic E-state index is -0.426. The molecule has 0 saturated heterocycles. The normalized spacial score (nSPS) is 10.5. The number of hydrogen-bond donors (Lipinski definition) is 0. The van der Waals surface area contributed by atoms with Gasteiger partial charge in [-0.05, 0) is 18.2 Å². The zero-order valence-corrected chi connectivity index (χ0v) is 8.23. The lowest BCUT2D eigenvalue weighted by Crippen LogP contribution is -2.08. The van der Waals surface area contributed by atoms with Crippen molar-refractivity contribution < 1.29 is 9.18 Å². The predicted octanol–water partition coefficient (Wildman–Crippen LogP) is 3.32. The van der Waals surface area contributed by atoms with Gasteiger partial charge in [0, 0.05) is 11.5 Å². The molecule has 0 amide bonds. The van der Waals surface area contributed by atoms with Gasteiger partial charge in [-0.25, -0.2) is 4.39 Å². The summed E-state index contributed by atoms with van der Waals surface area (Å²) in [5.41, 5.74) is 0.387. The van der Waals surface area contributed by atoms with Gasteiger partial charge in [0.1, 0.15) is 5.82 Å². The van der Waals surface area contributed by atoms with Crippen LogP contribution >= 0.6 is 11.6 Å². The Morgan fingerprint density at radius 3 is 2.54 bits per heavy atom. The van der Waals surface area contributed by atoms with E-state index in [1.54, 1.807) is 13.8 Å². The Kier molecular flexibility index (Phi) is 3.04. The van der Waals surface area contributed by atoms with E-state index < -0.39 is 5.82 Å². The first kappa shape index (κ1) is 10.2. The first-order chi connectivity index (χ1) is 6.02. The molecular weight excluding hydrogens is 191 g/mol. The maximum atomic E-state index is 12.6. The van der Waals surface area contributed by atoms with E-state index in [4.69, 9.17) is 11.6 Å². The van der Waals surface area contributed by atoms with Crippen LogP contribution in [0.4, 0.5) is 4.39 Å². The van der Waals surface area contributed by atoms with Crippen molar-refractivity contribution in [3.05, 3.63) is 34.6 Å². The number of carbonyl (C=O) groups is 1. The molecule has 1 rings (SSSR count). The molecule has 0 aliphatic rings. The number of rotatable bonds is 2. The van der Waals surface area contributed by atoms with Crippen molar-refractivity contribution >= 4 is 17.4 Å². The predicted molar refractivity (Wildman–Crippen MR) is 50.6 cm³/mol. The van der Waals surface area contributed by atoms with Crippen LogP contribution in [0, 0.1) is 11.7 Å². The molecule has 0 heterocycles. The molecule has 0 aliphatic carbocycles. The molecule has 0 unspecified atom stereocenters. The summed E-state index contributed by atoms with van der Waals surface area (Å²) < 4.78 is 12.6. The van der Waals surface area contributed by atoms with E-state index >= 15 is 0 Å². The van der Waals surface area contributed by atoms with E-state index in [0.29, 0.717) is 5.56 Å². The van der Waals surface area contributed by atoms with Gasteiger partial charge in [0.25, 0.3) is 0 Å². The largest absolute Gasteiger partial charge is 0.294 e. The molecule has 70 valence electrons. The van der Waals surface area contributed by atoms with Crippen molar-refractivity contribution in [2.75, 3.05) is 0 Å². The van der Waals surface area contributed by atoms with Gasteiger partial charge in [0.15, 0.2) is 5.78 Å². The van der Waals surface area contributed by atoms with Crippen molar-refractivity contribution in [1.29, 1.82) is 0 Å². The van der Waals surface area contributed by atoms with Crippen LogP contribution in [0.1, 0.15) is 24.2 Å². The standard InChI is InChI=1S/C10H10ClFO/c1-6(2)10(13)8-4-3-7(12)5-9(8)11/h3-6H,1-2H3. The average Bonchev–Trinajstić information content (AvgIpc) is 2.03. The fourth-order valence-electron chi connectivity index (χ4n) is 1.00. The van der Waals surface area contributed by atoms with Crippen LogP contribution in [0.3, 0.4) is 0 Å². The van der Waals surface area contributed by atoms with Gasteiger partial charge in [-0.1, -0.05) is 25.4 Å². The summed E-state index contributed by atoms with van der Waals surface area (Å²) >= 11 is 5.71. The molecule has 0 N–H and O–H groups in total. The maximum Gasteiger partial charge on any atom is 0.166 e. The van der Waals surface area contributed by atoms with Crippen molar-refractivity contribution in [3.63, 3.8) is 0 Å². The molecule has 1 aromatic carbocycles. The fraction of sp³-hybridized carbons (Fsp3) is 0.300. The molecule has 3 heteroatoms. The third kappa shape index (κ3) is 2.28. The summed E-state index contributed by atoms with van der Waals surface area (Å²) in [7, 11) is 0. The monoisotopic (exact) mass is 200 g/mol. The van der Waals surface area contributed by atoms with Gasteiger partial charge in [0.2, 0.25) is 0 Å². The van der Waals surface area contributed by atoms with Gasteiger partial charge in [0.05, 0.1) is 5.02 Å². The number of Topliss-reactive ketones (excluding diaryl/α,β-unsaturated/α-hetero) is 1. The Balaban J connectivity index is 3.09.